The van der Waals surface area contributed by atoms with Crippen LogP contribution in [0.4, 0.5) is 34.1 Å². The van der Waals surface area contributed by atoms with Gasteiger partial charge in [0.2, 0.25) is 0 Å². The minimum Gasteiger partial charge on any atom is -0.311 e. The molecule has 12 rings (SSSR count). The first-order chi connectivity index (χ1) is 31.3. The van der Waals surface area contributed by atoms with Crippen molar-refractivity contribution in [1.29, 1.82) is 0 Å². The molecule has 6 aromatic carbocycles. The molecule has 4 heteroatoms. The van der Waals surface area contributed by atoms with Crippen molar-refractivity contribution in [1.82, 2.24) is 0 Å². The summed E-state index contributed by atoms with van der Waals surface area (Å²) < 4.78 is 2.69. The maximum atomic E-state index is 2.75. The second kappa shape index (κ2) is 13.5. The molecule has 2 aliphatic heterocycles. The van der Waals surface area contributed by atoms with Crippen LogP contribution in [0.2, 0.25) is 0 Å². The number of hydrogen-bond acceptors (Lipinski definition) is 3. The summed E-state index contributed by atoms with van der Waals surface area (Å²) in [4.78, 5) is 5.50. The summed E-state index contributed by atoms with van der Waals surface area (Å²) in [5.74, 6) is 0. The summed E-state index contributed by atoms with van der Waals surface area (Å²) in [6.07, 6.45) is 5.90. The van der Waals surface area contributed by atoms with Crippen LogP contribution in [0.1, 0.15) is 175 Å². The van der Waals surface area contributed by atoms with Gasteiger partial charge < -0.3 is 9.80 Å². The van der Waals surface area contributed by atoms with Gasteiger partial charge in [-0.3, -0.25) is 0 Å². The maximum absolute atomic E-state index is 2.75. The van der Waals surface area contributed by atoms with Crippen LogP contribution in [0, 0.1) is 0 Å². The van der Waals surface area contributed by atoms with E-state index in [0.717, 1.165) is 6.42 Å². The largest absolute Gasteiger partial charge is 0.311 e. The Bertz CT molecular complexity index is 3290. The molecule has 5 aliphatic rings. The van der Waals surface area contributed by atoms with Crippen molar-refractivity contribution in [2.24, 2.45) is 0 Å². The first-order valence-corrected chi connectivity index (χ1v) is 26.3. The number of thiophene rings is 1. The van der Waals surface area contributed by atoms with Gasteiger partial charge in [-0.2, -0.15) is 0 Å². The van der Waals surface area contributed by atoms with Crippen molar-refractivity contribution >= 4 is 88.7 Å². The lowest BCUT2D eigenvalue weighted by Gasteiger charge is -2.48. The second-order valence-corrected chi connectivity index (χ2v) is 27.7. The molecule has 3 heterocycles. The van der Waals surface area contributed by atoms with E-state index in [4.69, 9.17) is 0 Å². The topological polar surface area (TPSA) is 6.48 Å². The summed E-state index contributed by atoms with van der Waals surface area (Å²) in [6.45, 7) is 37.2. The molecule has 1 aromatic heterocycles. The molecule has 7 aromatic rings. The van der Waals surface area contributed by atoms with Gasteiger partial charge in [-0.15, -0.1) is 11.3 Å². The van der Waals surface area contributed by atoms with Gasteiger partial charge in [0.1, 0.15) is 0 Å². The number of fused-ring (bicyclic) bond motifs is 10. The van der Waals surface area contributed by atoms with E-state index in [-0.39, 0.29) is 44.6 Å². The van der Waals surface area contributed by atoms with Gasteiger partial charge in [0, 0.05) is 48.6 Å². The Kier molecular flexibility index (Phi) is 8.76. The predicted molar refractivity (Wildman–Crippen MR) is 293 cm³/mol. The Morgan fingerprint density at radius 2 is 0.940 bits per heavy atom. The summed E-state index contributed by atoms with van der Waals surface area (Å²) in [5, 5.41) is 2.70. The molecule has 2 nitrogen and oxygen atoms in total. The molecule has 0 saturated heterocycles. The fraction of sp³-hybridized carbons (Fsp3) is 0.429. The van der Waals surface area contributed by atoms with Gasteiger partial charge in [0.15, 0.2) is 0 Å². The monoisotopic (exact) mass is 899 g/mol. The van der Waals surface area contributed by atoms with Crippen molar-refractivity contribution < 1.29 is 0 Å². The molecule has 0 fully saturated rings. The second-order valence-electron chi connectivity index (χ2n) is 26.7. The quantitative estimate of drug-likeness (QED) is 0.160. The number of nitrogens with zero attached hydrogens (tertiary/aromatic N) is 2. The van der Waals surface area contributed by atoms with Gasteiger partial charge in [0.05, 0.1) is 5.69 Å². The molecule has 67 heavy (non-hydrogen) atoms. The van der Waals surface area contributed by atoms with Crippen molar-refractivity contribution in [2.75, 3.05) is 9.80 Å². The fourth-order valence-corrected chi connectivity index (χ4v) is 15.3. The lowest BCUT2D eigenvalue weighted by molar-refractivity contribution is 0.332. The molecule has 0 spiro atoms. The van der Waals surface area contributed by atoms with E-state index in [1.165, 1.54) is 135 Å². The Hall–Kier alpha value is -4.80. The Labute approximate surface area is 406 Å². The molecule has 0 unspecified atom stereocenters. The normalized spacial score (nSPS) is 20.8. The standard InChI is InChI=1S/C63H71BN2S/c1-57(2,3)37-29-51-56-52(30-37)66(48-20-18-22-54-55(48)39-19-16-17-21-53(39)67-54)50-35-45-43(62(12,13)36-63(45,14)15)33-47(50)64(56)46-32-42-44(61(10,11)28-27-60(42,8)9)34-49(46)65(51)38-23-24-40-41(31-38)59(6,7)26-25-58(40,4)5/h16-24,29-35H,25-28,36H2,1-15H3. The average molecular weight is 899 g/mol. The van der Waals surface area contributed by atoms with Crippen molar-refractivity contribution in [3.8, 4) is 0 Å². The van der Waals surface area contributed by atoms with Crippen molar-refractivity contribution in [3.05, 3.63) is 136 Å². The van der Waals surface area contributed by atoms with Gasteiger partial charge in [-0.1, -0.05) is 146 Å². The minimum absolute atomic E-state index is 0.0457. The summed E-state index contributed by atoms with van der Waals surface area (Å²) in [6, 6.07) is 39.8. The summed E-state index contributed by atoms with van der Waals surface area (Å²) in [5.41, 5.74) is 23.1. The molecule has 0 amide bonds. The third kappa shape index (κ3) is 6.12. The van der Waals surface area contributed by atoms with E-state index in [1.54, 1.807) is 0 Å². The van der Waals surface area contributed by atoms with Crippen molar-refractivity contribution in [3.63, 3.8) is 0 Å². The zero-order valence-electron chi connectivity index (χ0n) is 43.2. The lowest BCUT2D eigenvalue weighted by Crippen LogP contribution is -2.62. The van der Waals surface area contributed by atoms with E-state index < -0.39 is 0 Å². The van der Waals surface area contributed by atoms with Crippen LogP contribution >= 0.6 is 11.3 Å². The molecule has 0 atom stereocenters. The number of benzene rings is 6. The van der Waals surface area contributed by atoms with Crippen LogP contribution in [-0.2, 0) is 37.9 Å². The van der Waals surface area contributed by atoms with Gasteiger partial charge in [-0.25, -0.2) is 0 Å². The van der Waals surface area contributed by atoms with E-state index in [2.05, 4.69) is 211 Å². The van der Waals surface area contributed by atoms with E-state index >= 15 is 0 Å². The van der Waals surface area contributed by atoms with Gasteiger partial charge in [0.25, 0.3) is 6.71 Å². The van der Waals surface area contributed by atoms with E-state index in [9.17, 15) is 0 Å². The highest BCUT2D eigenvalue weighted by molar-refractivity contribution is 7.26. The molecule has 0 N–H and O–H groups in total. The number of anilines is 6. The van der Waals surface area contributed by atoms with Crippen molar-refractivity contribution in [2.45, 2.75) is 174 Å². The van der Waals surface area contributed by atoms with Crippen LogP contribution in [-0.4, -0.2) is 6.71 Å². The molecule has 0 bridgehead atoms. The first-order valence-electron chi connectivity index (χ1n) is 25.5. The van der Waals surface area contributed by atoms with Crippen LogP contribution in [0.25, 0.3) is 20.2 Å². The number of hydrogen-bond donors (Lipinski definition) is 0. The van der Waals surface area contributed by atoms with Crippen LogP contribution in [0.15, 0.2) is 97.1 Å². The Balaban J connectivity index is 1.26. The Morgan fingerprint density at radius 1 is 0.448 bits per heavy atom. The third-order valence-corrected chi connectivity index (χ3v) is 19.2. The number of rotatable bonds is 2. The maximum Gasteiger partial charge on any atom is 0.252 e. The van der Waals surface area contributed by atoms with Gasteiger partial charge in [-0.05, 0) is 180 Å². The predicted octanol–water partition coefficient (Wildman–Crippen LogP) is 16.1. The fourth-order valence-electron chi connectivity index (χ4n) is 14.1. The van der Waals surface area contributed by atoms with Crippen LogP contribution < -0.4 is 26.2 Å². The lowest BCUT2D eigenvalue weighted by atomic mass is 9.32. The molecule has 0 saturated carbocycles. The highest BCUT2D eigenvalue weighted by Gasteiger charge is 2.50. The molecular formula is C63H71BN2S. The summed E-state index contributed by atoms with van der Waals surface area (Å²) in [7, 11) is 0. The van der Waals surface area contributed by atoms with E-state index in [1.807, 2.05) is 11.3 Å². The SMILES string of the molecule is CC(C)(C)c1cc2c3c(c1)N(c1cccc4sc5ccccc5c14)c1cc4c(cc1B3c1cc3c(cc1N2c1ccc2c(c1)C(C)(C)CCC2(C)C)C(C)(C)CCC3(C)C)C(C)(C)CC4(C)C. The molecular weight excluding hydrogens is 828 g/mol. The zero-order chi connectivity index (χ0) is 47.3. The summed E-state index contributed by atoms with van der Waals surface area (Å²) >= 11 is 1.93. The molecule has 0 radical (unpaired) electrons. The first kappa shape index (κ1) is 43.5. The smallest absolute Gasteiger partial charge is 0.252 e. The Morgan fingerprint density at radius 3 is 1.55 bits per heavy atom. The highest BCUT2D eigenvalue weighted by Crippen LogP contribution is 2.56. The third-order valence-electron chi connectivity index (χ3n) is 18.1. The van der Waals surface area contributed by atoms with Crippen LogP contribution in [0.3, 0.4) is 0 Å². The average Bonchev–Trinajstić information content (AvgIpc) is 3.72. The van der Waals surface area contributed by atoms with Gasteiger partial charge >= 0.3 is 0 Å². The molecule has 342 valence electrons. The minimum atomic E-state index is -0.103. The zero-order valence-corrected chi connectivity index (χ0v) is 44.0. The van der Waals surface area contributed by atoms with Crippen LogP contribution in [0.5, 0.6) is 0 Å². The highest BCUT2D eigenvalue weighted by atomic mass is 32.1. The molecule has 3 aliphatic carbocycles. The van der Waals surface area contributed by atoms with E-state index in [0.29, 0.717) is 0 Å².